The van der Waals surface area contributed by atoms with E-state index in [9.17, 15) is 14.4 Å². The Bertz CT molecular complexity index is 987. The molecule has 7 nitrogen and oxygen atoms in total. The molecule has 0 spiro atoms. The minimum Gasteiger partial charge on any atom is -0.465 e. The molecule has 0 bridgehead atoms. The van der Waals surface area contributed by atoms with Gasteiger partial charge >= 0.3 is 5.97 Å². The van der Waals surface area contributed by atoms with Gasteiger partial charge in [-0.2, -0.15) is 0 Å². The normalized spacial score (nSPS) is 10.9. The number of allylic oxidation sites excluding steroid dienone is 1. The van der Waals surface area contributed by atoms with Gasteiger partial charge in [0.05, 0.1) is 19.2 Å². The third-order valence-electron chi connectivity index (χ3n) is 3.41. The summed E-state index contributed by atoms with van der Waals surface area (Å²) >= 11 is 1.10. The Morgan fingerprint density at radius 1 is 1.26 bits per heavy atom. The zero-order valence-electron chi connectivity index (χ0n) is 14.8. The topological polar surface area (TPSA) is 89.8 Å². The van der Waals surface area contributed by atoms with E-state index < -0.39 is 11.9 Å². The Kier molecular flexibility index (Phi) is 7.01. The van der Waals surface area contributed by atoms with Gasteiger partial charge in [0.15, 0.2) is 4.80 Å². The van der Waals surface area contributed by atoms with Crippen LogP contribution in [-0.2, 0) is 11.3 Å². The van der Waals surface area contributed by atoms with Crippen molar-refractivity contribution in [2.45, 2.75) is 6.54 Å². The molecule has 2 rings (SSSR count). The maximum absolute atomic E-state index is 12.5. The zero-order chi connectivity index (χ0) is 19.8. The van der Waals surface area contributed by atoms with Gasteiger partial charge in [-0.15, -0.1) is 13.2 Å². The van der Waals surface area contributed by atoms with Crippen molar-refractivity contribution in [3.8, 4) is 0 Å². The molecule has 0 aliphatic heterocycles. The van der Waals surface area contributed by atoms with Crippen LogP contribution in [0, 0.1) is 0 Å². The minimum atomic E-state index is -0.464. The molecule has 8 heteroatoms. The lowest BCUT2D eigenvalue weighted by molar-refractivity contribution is 0.0600. The molecule has 0 radical (unpaired) electrons. The number of carbonyl (C=O) groups is 2. The third-order valence-corrected chi connectivity index (χ3v) is 4.46. The predicted octanol–water partition coefficient (Wildman–Crippen LogP) is 2.22. The molecule has 1 N–H and O–H groups in total. The van der Waals surface area contributed by atoms with Gasteiger partial charge in [0, 0.05) is 18.3 Å². The Morgan fingerprint density at radius 2 is 1.96 bits per heavy atom. The summed E-state index contributed by atoms with van der Waals surface area (Å²) in [5.41, 5.74) is 0.512. The average Bonchev–Trinajstić information content (AvgIpc) is 2.68. The van der Waals surface area contributed by atoms with E-state index in [1.807, 2.05) is 0 Å². The number of carbonyl (C=O) groups excluding carboxylic acids is 2. The lowest BCUT2D eigenvalue weighted by Gasteiger charge is -2.08. The summed E-state index contributed by atoms with van der Waals surface area (Å²) < 4.78 is 6.06. The molecule has 27 heavy (non-hydrogen) atoms. The maximum atomic E-state index is 12.5. The van der Waals surface area contributed by atoms with E-state index >= 15 is 0 Å². The second-order valence-corrected chi connectivity index (χ2v) is 6.29. The summed E-state index contributed by atoms with van der Waals surface area (Å²) in [6.07, 6.45) is 3.19. The van der Waals surface area contributed by atoms with Crippen LogP contribution in [0.2, 0.25) is 0 Å². The molecule has 1 heterocycles. The number of anilines is 1. The van der Waals surface area contributed by atoms with E-state index in [0.717, 1.165) is 11.3 Å². The molecule has 2 aromatic rings. The average molecular weight is 385 g/mol. The highest BCUT2D eigenvalue weighted by molar-refractivity contribution is 7.11. The van der Waals surface area contributed by atoms with E-state index in [4.69, 9.17) is 0 Å². The standard InChI is InChI=1S/C19H19N3O4S/c1-4-10-20-19-22(11-5-2)16(23)12-15(27-19)17(24)21-14-8-6-13(7-9-14)18(25)26-3/h4-9,12H,1-2,10-11H2,3H3,(H,21,24). The van der Waals surface area contributed by atoms with Crippen LogP contribution in [0.1, 0.15) is 20.0 Å². The number of hydrogen-bond acceptors (Lipinski definition) is 6. The van der Waals surface area contributed by atoms with Crippen LogP contribution in [0.5, 0.6) is 0 Å². The molecule has 0 saturated heterocycles. The van der Waals surface area contributed by atoms with E-state index in [0.29, 0.717) is 29.1 Å². The maximum Gasteiger partial charge on any atom is 0.337 e. The van der Waals surface area contributed by atoms with Crippen molar-refractivity contribution >= 4 is 28.9 Å². The number of nitrogens with one attached hydrogen (secondary N) is 1. The monoisotopic (exact) mass is 385 g/mol. The van der Waals surface area contributed by atoms with Crippen LogP contribution in [0.4, 0.5) is 5.69 Å². The fraction of sp³-hybridized carbons (Fsp3) is 0.158. The fourth-order valence-electron chi connectivity index (χ4n) is 2.14. The number of rotatable bonds is 7. The van der Waals surface area contributed by atoms with Crippen molar-refractivity contribution < 1.29 is 14.3 Å². The summed E-state index contributed by atoms with van der Waals surface area (Å²) in [7, 11) is 1.29. The number of esters is 1. The number of hydrogen-bond donors (Lipinski definition) is 1. The molecular formula is C19H19N3O4S. The third kappa shape index (κ3) is 5.11. The molecule has 0 aliphatic carbocycles. The van der Waals surface area contributed by atoms with Crippen LogP contribution in [0.15, 0.2) is 65.4 Å². The molecule has 0 saturated carbocycles. The van der Waals surface area contributed by atoms with Crippen molar-refractivity contribution in [2.75, 3.05) is 19.0 Å². The lowest BCUT2D eigenvalue weighted by Crippen LogP contribution is -2.32. The van der Waals surface area contributed by atoms with Crippen molar-refractivity contribution in [3.05, 3.63) is 81.2 Å². The van der Waals surface area contributed by atoms with Gasteiger partial charge in [0.2, 0.25) is 0 Å². The van der Waals surface area contributed by atoms with Crippen molar-refractivity contribution in [1.29, 1.82) is 0 Å². The van der Waals surface area contributed by atoms with E-state index in [1.54, 1.807) is 24.3 Å². The number of amides is 1. The highest BCUT2D eigenvalue weighted by Crippen LogP contribution is 2.12. The van der Waals surface area contributed by atoms with Gasteiger partial charge in [-0.1, -0.05) is 23.5 Å². The van der Waals surface area contributed by atoms with E-state index in [2.05, 4.69) is 28.2 Å². The fourth-order valence-corrected chi connectivity index (χ4v) is 3.05. The van der Waals surface area contributed by atoms with Crippen LogP contribution < -0.4 is 15.7 Å². The Balaban J connectivity index is 2.31. The summed E-state index contributed by atoms with van der Waals surface area (Å²) in [4.78, 5) is 41.2. The Hall–Kier alpha value is -3.26. The zero-order valence-corrected chi connectivity index (χ0v) is 15.6. The predicted molar refractivity (Wildman–Crippen MR) is 105 cm³/mol. The second kappa shape index (κ2) is 9.44. The van der Waals surface area contributed by atoms with Crippen molar-refractivity contribution in [2.24, 2.45) is 4.99 Å². The lowest BCUT2D eigenvalue weighted by atomic mass is 10.2. The molecule has 0 unspecified atom stereocenters. The minimum absolute atomic E-state index is 0.222. The highest BCUT2D eigenvalue weighted by Gasteiger charge is 2.12. The largest absolute Gasteiger partial charge is 0.465 e. The molecule has 140 valence electrons. The van der Waals surface area contributed by atoms with Gasteiger partial charge in [0.1, 0.15) is 4.88 Å². The van der Waals surface area contributed by atoms with Gasteiger partial charge in [-0.3, -0.25) is 19.1 Å². The van der Waals surface area contributed by atoms with Gasteiger partial charge in [-0.25, -0.2) is 4.79 Å². The first-order chi connectivity index (χ1) is 13.0. The Morgan fingerprint density at radius 3 is 2.56 bits per heavy atom. The van der Waals surface area contributed by atoms with Crippen LogP contribution >= 0.6 is 11.3 Å². The summed E-state index contributed by atoms with van der Waals surface area (Å²) in [5.74, 6) is -0.905. The summed E-state index contributed by atoms with van der Waals surface area (Å²) in [6.45, 7) is 7.85. The van der Waals surface area contributed by atoms with Gasteiger partial charge < -0.3 is 10.1 Å². The van der Waals surface area contributed by atoms with Gasteiger partial charge in [-0.05, 0) is 24.3 Å². The SMILES string of the molecule is C=CCN=c1sc(C(=O)Nc2ccc(C(=O)OC)cc2)cc(=O)n1CC=C. The van der Waals surface area contributed by atoms with Gasteiger partial charge in [0.25, 0.3) is 11.5 Å². The molecule has 1 amide bonds. The van der Waals surface area contributed by atoms with Crippen molar-refractivity contribution in [1.82, 2.24) is 4.57 Å². The van der Waals surface area contributed by atoms with Crippen LogP contribution in [0.3, 0.4) is 0 Å². The summed E-state index contributed by atoms with van der Waals surface area (Å²) in [5, 5.41) is 2.69. The smallest absolute Gasteiger partial charge is 0.337 e. The molecule has 1 aromatic heterocycles. The molecular weight excluding hydrogens is 366 g/mol. The number of benzene rings is 1. The second-order valence-electron chi connectivity index (χ2n) is 5.28. The highest BCUT2D eigenvalue weighted by atomic mass is 32.1. The number of ether oxygens (including phenoxy) is 1. The summed E-state index contributed by atoms with van der Waals surface area (Å²) in [6, 6.07) is 7.50. The molecule has 0 fully saturated rings. The number of methoxy groups -OCH3 is 1. The quantitative estimate of drug-likeness (QED) is 0.585. The Labute approximate surface area is 160 Å². The first-order valence-corrected chi connectivity index (χ1v) is 8.78. The molecule has 0 aliphatic rings. The van der Waals surface area contributed by atoms with Crippen LogP contribution in [0.25, 0.3) is 0 Å². The van der Waals surface area contributed by atoms with E-state index in [1.165, 1.54) is 29.9 Å². The number of aromatic nitrogens is 1. The molecule has 1 aromatic carbocycles. The molecule has 0 atom stereocenters. The number of nitrogens with zero attached hydrogens (tertiary/aromatic N) is 2. The van der Waals surface area contributed by atoms with Crippen LogP contribution in [-0.4, -0.2) is 30.1 Å². The first-order valence-electron chi connectivity index (χ1n) is 7.97. The van der Waals surface area contributed by atoms with Crippen molar-refractivity contribution in [3.63, 3.8) is 0 Å². The van der Waals surface area contributed by atoms with E-state index in [-0.39, 0.29) is 10.4 Å². The first kappa shape index (κ1) is 20.1.